The van der Waals surface area contributed by atoms with Crippen molar-refractivity contribution < 1.29 is 0 Å². The Morgan fingerprint density at radius 1 is 1.36 bits per heavy atom. The molecule has 0 aromatic carbocycles. The SMILES string of the molecule is C=C(C)[C@@H](C)CCC=C(C)C. The second-order valence-electron chi connectivity index (χ2n) is 3.61. The summed E-state index contributed by atoms with van der Waals surface area (Å²) in [5, 5.41) is 0. The first kappa shape index (κ1) is 10.5. The highest BCUT2D eigenvalue weighted by Gasteiger charge is 1.99. The average molecular weight is 152 g/mol. The normalized spacial score (nSPS) is 12.4. The largest absolute Gasteiger partial charge is 0.0999 e. The molecule has 0 amide bonds. The standard InChI is InChI=1S/C11H20/c1-9(2)7-6-8-11(5)10(3)4/h7,11H,3,6,8H2,1-2,4-5H3/t11-/m0/s1. The maximum Gasteiger partial charge on any atom is -0.0234 e. The molecular formula is C11H20. The smallest absolute Gasteiger partial charge is 0.0234 e. The maximum absolute atomic E-state index is 3.93. The summed E-state index contributed by atoms with van der Waals surface area (Å²) >= 11 is 0. The summed E-state index contributed by atoms with van der Waals surface area (Å²) in [5.74, 6) is 0.672. The van der Waals surface area contributed by atoms with Crippen molar-refractivity contribution in [2.45, 2.75) is 40.5 Å². The minimum atomic E-state index is 0.672. The van der Waals surface area contributed by atoms with Gasteiger partial charge >= 0.3 is 0 Å². The Balaban J connectivity index is 3.55. The number of hydrogen-bond donors (Lipinski definition) is 0. The van der Waals surface area contributed by atoms with Crippen LogP contribution in [-0.4, -0.2) is 0 Å². The zero-order valence-corrected chi connectivity index (χ0v) is 8.28. The minimum absolute atomic E-state index is 0.672. The van der Waals surface area contributed by atoms with Crippen LogP contribution in [-0.2, 0) is 0 Å². The quantitative estimate of drug-likeness (QED) is 0.535. The third-order valence-corrected chi connectivity index (χ3v) is 1.99. The molecule has 0 radical (unpaired) electrons. The van der Waals surface area contributed by atoms with Crippen molar-refractivity contribution in [2.75, 3.05) is 0 Å². The topological polar surface area (TPSA) is 0 Å². The van der Waals surface area contributed by atoms with Crippen molar-refractivity contribution in [3.8, 4) is 0 Å². The van der Waals surface area contributed by atoms with Crippen LogP contribution >= 0.6 is 0 Å². The number of rotatable bonds is 4. The molecular weight excluding hydrogens is 132 g/mol. The molecule has 0 aromatic rings. The molecule has 0 aromatic heterocycles. The van der Waals surface area contributed by atoms with Crippen LogP contribution in [0.3, 0.4) is 0 Å². The van der Waals surface area contributed by atoms with Gasteiger partial charge < -0.3 is 0 Å². The zero-order valence-electron chi connectivity index (χ0n) is 8.28. The Hall–Kier alpha value is -0.520. The molecule has 0 bridgehead atoms. The summed E-state index contributed by atoms with van der Waals surface area (Å²) in [4.78, 5) is 0. The molecule has 0 heterocycles. The minimum Gasteiger partial charge on any atom is -0.0999 e. The van der Waals surface area contributed by atoms with Gasteiger partial charge in [0.1, 0.15) is 0 Å². The van der Waals surface area contributed by atoms with E-state index in [1.54, 1.807) is 0 Å². The van der Waals surface area contributed by atoms with E-state index in [0.29, 0.717) is 5.92 Å². The predicted molar refractivity (Wildman–Crippen MR) is 52.6 cm³/mol. The molecule has 0 saturated carbocycles. The summed E-state index contributed by atoms with van der Waals surface area (Å²) < 4.78 is 0. The molecule has 0 aliphatic heterocycles. The molecule has 0 unspecified atom stereocenters. The van der Waals surface area contributed by atoms with Crippen LogP contribution in [0.5, 0.6) is 0 Å². The molecule has 0 N–H and O–H groups in total. The zero-order chi connectivity index (χ0) is 8.85. The summed E-state index contributed by atoms with van der Waals surface area (Å²) in [7, 11) is 0. The fraction of sp³-hybridized carbons (Fsp3) is 0.636. The van der Waals surface area contributed by atoms with Crippen LogP contribution in [0.25, 0.3) is 0 Å². The van der Waals surface area contributed by atoms with Gasteiger partial charge in [0.25, 0.3) is 0 Å². The van der Waals surface area contributed by atoms with Gasteiger partial charge in [0.15, 0.2) is 0 Å². The van der Waals surface area contributed by atoms with E-state index in [1.807, 2.05) is 0 Å². The summed E-state index contributed by atoms with van der Waals surface area (Å²) in [6.45, 7) is 12.6. The Kier molecular flexibility index (Phi) is 4.93. The Bertz CT molecular complexity index is 147. The molecule has 64 valence electrons. The van der Waals surface area contributed by atoms with Gasteiger partial charge in [0.2, 0.25) is 0 Å². The Morgan fingerprint density at radius 3 is 2.27 bits per heavy atom. The molecule has 0 fully saturated rings. The fourth-order valence-corrected chi connectivity index (χ4v) is 0.868. The lowest BCUT2D eigenvalue weighted by molar-refractivity contribution is 0.622. The molecule has 0 spiro atoms. The molecule has 0 aliphatic rings. The predicted octanol–water partition coefficient (Wildman–Crippen LogP) is 3.95. The fourth-order valence-electron chi connectivity index (χ4n) is 0.868. The van der Waals surface area contributed by atoms with Gasteiger partial charge in [-0.3, -0.25) is 0 Å². The van der Waals surface area contributed by atoms with E-state index in [4.69, 9.17) is 0 Å². The highest BCUT2D eigenvalue weighted by Crippen LogP contribution is 2.14. The summed E-state index contributed by atoms with van der Waals surface area (Å²) in [5.41, 5.74) is 2.71. The van der Waals surface area contributed by atoms with Gasteiger partial charge in [0.05, 0.1) is 0 Å². The molecule has 0 saturated heterocycles. The third kappa shape index (κ3) is 5.90. The van der Waals surface area contributed by atoms with E-state index >= 15 is 0 Å². The Morgan fingerprint density at radius 2 is 1.91 bits per heavy atom. The van der Waals surface area contributed by atoms with Crippen LogP contribution in [0.15, 0.2) is 23.8 Å². The van der Waals surface area contributed by atoms with Gasteiger partial charge in [-0.05, 0) is 39.5 Å². The van der Waals surface area contributed by atoms with Gasteiger partial charge in [-0.25, -0.2) is 0 Å². The molecule has 11 heavy (non-hydrogen) atoms. The first-order chi connectivity index (χ1) is 5.04. The van der Waals surface area contributed by atoms with Crippen LogP contribution < -0.4 is 0 Å². The Labute approximate surface area is 71.0 Å². The van der Waals surface area contributed by atoms with Gasteiger partial charge in [-0.15, -0.1) is 0 Å². The van der Waals surface area contributed by atoms with E-state index in [0.717, 1.165) is 0 Å². The maximum atomic E-state index is 3.93. The molecule has 0 heteroatoms. The van der Waals surface area contributed by atoms with E-state index in [1.165, 1.54) is 24.0 Å². The van der Waals surface area contributed by atoms with E-state index < -0.39 is 0 Å². The van der Waals surface area contributed by atoms with Crippen LogP contribution in [0.1, 0.15) is 40.5 Å². The van der Waals surface area contributed by atoms with Crippen LogP contribution in [0, 0.1) is 5.92 Å². The second-order valence-corrected chi connectivity index (χ2v) is 3.61. The first-order valence-corrected chi connectivity index (χ1v) is 4.32. The third-order valence-electron chi connectivity index (χ3n) is 1.99. The van der Waals surface area contributed by atoms with Crippen molar-refractivity contribution in [2.24, 2.45) is 5.92 Å². The summed E-state index contributed by atoms with van der Waals surface area (Å²) in [6.07, 6.45) is 4.72. The van der Waals surface area contributed by atoms with Crippen molar-refractivity contribution in [3.63, 3.8) is 0 Å². The van der Waals surface area contributed by atoms with Gasteiger partial charge in [-0.1, -0.05) is 30.7 Å². The first-order valence-electron chi connectivity index (χ1n) is 4.32. The second kappa shape index (κ2) is 5.17. The molecule has 0 rings (SSSR count). The van der Waals surface area contributed by atoms with Crippen LogP contribution in [0.4, 0.5) is 0 Å². The van der Waals surface area contributed by atoms with E-state index in [-0.39, 0.29) is 0 Å². The van der Waals surface area contributed by atoms with E-state index in [2.05, 4.69) is 40.3 Å². The van der Waals surface area contributed by atoms with Crippen molar-refractivity contribution in [3.05, 3.63) is 23.8 Å². The van der Waals surface area contributed by atoms with Crippen molar-refractivity contribution in [1.82, 2.24) is 0 Å². The van der Waals surface area contributed by atoms with E-state index in [9.17, 15) is 0 Å². The lowest BCUT2D eigenvalue weighted by atomic mass is 9.98. The van der Waals surface area contributed by atoms with Crippen molar-refractivity contribution >= 4 is 0 Å². The highest BCUT2D eigenvalue weighted by molar-refractivity contribution is 4.97. The van der Waals surface area contributed by atoms with Gasteiger partial charge in [-0.2, -0.15) is 0 Å². The molecule has 0 aliphatic carbocycles. The molecule has 0 nitrogen and oxygen atoms in total. The number of allylic oxidation sites excluding steroid dienone is 3. The summed E-state index contributed by atoms with van der Waals surface area (Å²) in [6, 6.07) is 0. The lowest BCUT2D eigenvalue weighted by Gasteiger charge is -2.08. The monoisotopic (exact) mass is 152 g/mol. The van der Waals surface area contributed by atoms with Crippen LogP contribution in [0.2, 0.25) is 0 Å². The number of hydrogen-bond acceptors (Lipinski definition) is 0. The molecule has 1 atom stereocenters. The highest BCUT2D eigenvalue weighted by atomic mass is 14.0. The van der Waals surface area contributed by atoms with Crippen molar-refractivity contribution in [1.29, 1.82) is 0 Å². The van der Waals surface area contributed by atoms with Gasteiger partial charge in [0, 0.05) is 0 Å². The average Bonchev–Trinajstić information content (AvgIpc) is 1.86. The lowest BCUT2D eigenvalue weighted by Crippen LogP contribution is -1.93.